The third-order valence-corrected chi connectivity index (χ3v) is 5.47. The van der Waals surface area contributed by atoms with Gasteiger partial charge in [0.2, 0.25) is 5.82 Å². The number of fused-ring (bicyclic) bond motifs is 2. The van der Waals surface area contributed by atoms with Gasteiger partial charge in [0.15, 0.2) is 0 Å². The van der Waals surface area contributed by atoms with Crippen molar-refractivity contribution in [1.29, 1.82) is 0 Å². The number of likely N-dealkylation sites (tertiary alicyclic amines) is 1. The summed E-state index contributed by atoms with van der Waals surface area (Å²) in [7, 11) is 5.13. The number of carbonyl (C=O) groups is 2. The smallest absolute Gasteiger partial charge is 0.319 e. The van der Waals surface area contributed by atoms with Gasteiger partial charge in [-0.2, -0.15) is 0 Å². The highest BCUT2D eigenvalue weighted by atomic mass is 16.5. The molecule has 0 spiro atoms. The van der Waals surface area contributed by atoms with Crippen molar-refractivity contribution in [1.82, 2.24) is 24.6 Å². The molecule has 0 unspecified atom stereocenters. The number of ether oxygens (including phenoxy) is 1. The number of carbonyl (C=O) groups excluding carboxylic acids is 2. The molecule has 2 atom stereocenters. The maximum Gasteiger partial charge on any atom is 0.319 e. The van der Waals surface area contributed by atoms with Crippen molar-refractivity contribution in [2.75, 3.05) is 39.6 Å². The Kier molecular flexibility index (Phi) is 4.66. The first-order valence-corrected chi connectivity index (χ1v) is 9.30. The number of aromatic nitrogens is 3. The third kappa shape index (κ3) is 3.28. The van der Waals surface area contributed by atoms with E-state index in [0.29, 0.717) is 36.4 Å². The van der Waals surface area contributed by atoms with Crippen molar-refractivity contribution in [3.63, 3.8) is 0 Å². The van der Waals surface area contributed by atoms with Gasteiger partial charge in [0, 0.05) is 45.8 Å². The molecule has 28 heavy (non-hydrogen) atoms. The summed E-state index contributed by atoms with van der Waals surface area (Å²) in [5.41, 5.74) is 0.667. The molecule has 2 aliphatic rings. The summed E-state index contributed by atoms with van der Waals surface area (Å²) in [6, 6.07) is 7.16. The number of rotatable bonds is 3. The summed E-state index contributed by atoms with van der Waals surface area (Å²) < 4.78 is 7.02. The van der Waals surface area contributed by atoms with E-state index >= 15 is 0 Å². The van der Waals surface area contributed by atoms with E-state index in [1.165, 1.54) is 0 Å². The molecule has 0 aliphatic carbocycles. The van der Waals surface area contributed by atoms with Crippen molar-refractivity contribution in [3.05, 3.63) is 35.9 Å². The second-order valence-electron chi connectivity index (χ2n) is 7.54. The van der Waals surface area contributed by atoms with Gasteiger partial charge in [-0.1, -0.05) is 0 Å². The largest absolute Gasteiger partial charge is 0.497 e. The minimum absolute atomic E-state index is 0.0302. The molecular formula is C19H24N6O3. The van der Waals surface area contributed by atoms with E-state index in [-0.39, 0.29) is 11.9 Å². The first-order valence-electron chi connectivity index (χ1n) is 9.30. The zero-order chi connectivity index (χ0) is 19.8. The molecule has 2 aliphatic heterocycles. The van der Waals surface area contributed by atoms with Crippen molar-refractivity contribution in [3.8, 4) is 5.75 Å². The molecule has 1 N–H and O–H groups in total. The molecular weight excluding hydrogens is 360 g/mol. The van der Waals surface area contributed by atoms with Gasteiger partial charge in [-0.05, 0) is 36.1 Å². The van der Waals surface area contributed by atoms with E-state index in [1.807, 2.05) is 9.47 Å². The predicted octanol–water partition coefficient (Wildman–Crippen LogP) is 1.32. The van der Waals surface area contributed by atoms with Crippen LogP contribution in [-0.4, -0.2) is 70.8 Å². The molecule has 9 nitrogen and oxygen atoms in total. The molecule has 0 radical (unpaired) electrons. The van der Waals surface area contributed by atoms with Crippen molar-refractivity contribution in [2.24, 2.45) is 11.8 Å². The number of nitrogens with zero attached hydrogens (tertiary/aromatic N) is 5. The van der Waals surface area contributed by atoms with Crippen molar-refractivity contribution >= 4 is 17.6 Å². The Morgan fingerprint density at radius 1 is 1.11 bits per heavy atom. The minimum Gasteiger partial charge on any atom is -0.497 e. The van der Waals surface area contributed by atoms with Crippen LogP contribution in [0.15, 0.2) is 24.3 Å². The number of hydrogen-bond donors (Lipinski definition) is 1. The van der Waals surface area contributed by atoms with Gasteiger partial charge < -0.3 is 24.4 Å². The molecule has 1 saturated heterocycles. The monoisotopic (exact) mass is 384 g/mol. The molecule has 2 aromatic rings. The number of anilines is 1. The van der Waals surface area contributed by atoms with E-state index in [2.05, 4.69) is 15.5 Å². The zero-order valence-corrected chi connectivity index (χ0v) is 16.3. The lowest BCUT2D eigenvalue weighted by Crippen LogP contribution is -2.37. The standard InChI is InChI=1S/C19H24N6O3/c1-23(2)19(27)24-9-12-8-16-21-22-17(25(16)11-13(12)10-24)18(26)20-14-4-6-15(28-3)7-5-14/h4-7,12-13H,8-11H2,1-3H3,(H,20,26)/t12-,13+/m1/s1. The molecule has 1 aromatic heterocycles. The van der Waals surface area contributed by atoms with E-state index < -0.39 is 0 Å². The Morgan fingerprint density at radius 3 is 2.50 bits per heavy atom. The average molecular weight is 384 g/mol. The summed E-state index contributed by atoms with van der Waals surface area (Å²) >= 11 is 0. The molecule has 3 heterocycles. The number of methoxy groups -OCH3 is 1. The molecule has 0 bridgehead atoms. The van der Waals surface area contributed by atoms with Gasteiger partial charge in [-0.3, -0.25) is 4.79 Å². The Bertz CT molecular complexity index is 892. The Labute approximate surface area is 163 Å². The second-order valence-corrected chi connectivity index (χ2v) is 7.54. The van der Waals surface area contributed by atoms with Crippen molar-refractivity contribution < 1.29 is 14.3 Å². The Hall–Kier alpha value is -3.10. The van der Waals surface area contributed by atoms with E-state index in [0.717, 1.165) is 24.5 Å². The first-order chi connectivity index (χ1) is 13.5. The Morgan fingerprint density at radius 2 is 1.82 bits per heavy atom. The van der Waals surface area contributed by atoms with E-state index in [9.17, 15) is 9.59 Å². The van der Waals surface area contributed by atoms with Gasteiger partial charge in [0.25, 0.3) is 5.91 Å². The fraction of sp³-hybridized carbons (Fsp3) is 0.474. The SMILES string of the molecule is COc1ccc(NC(=O)c2nnc3n2C[C@@H]2CN(C(=O)N(C)C)C[C@H]2C3)cc1. The van der Waals surface area contributed by atoms with Crippen LogP contribution in [0.2, 0.25) is 0 Å². The first kappa shape index (κ1) is 18.3. The minimum atomic E-state index is -0.290. The summed E-state index contributed by atoms with van der Waals surface area (Å²) in [5, 5.41) is 11.2. The van der Waals surface area contributed by atoms with Gasteiger partial charge in [-0.15, -0.1) is 10.2 Å². The maximum atomic E-state index is 12.7. The van der Waals surface area contributed by atoms with E-state index in [1.54, 1.807) is 50.4 Å². The lowest BCUT2D eigenvalue weighted by Gasteiger charge is -2.25. The maximum absolute atomic E-state index is 12.7. The normalized spacial score (nSPS) is 20.3. The summed E-state index contributed by atoms with van der Waals surface area (Å²) in [6.07, 6.45) is 0.727. The summed E-state index contributed by atoms with van der Waals surface area (Å²) in [5.74, 6) is 2.21. The number of urea groups is 1. The molecule has 3 amide bonds. The van der Waals surface area contributed by atoms with Crippen LogP contribution in [-0.2, 0) is 13.0 Å². The molecule has 9 heteroatoms. The predicted molar refractivity (Wildman–Crippen MR) is 102 cm³/mol. The van der Waals surface area contributed by atoms with Crippen LogP contribution in [0.5, 0.6) is 5.75 Å². The number of hydrogen-bond acceptors (Lipinski definition) is 5. The third-order valence-electron chi connectivity index (χ3n) is 5.47. The van der Waals surface area contributed by atoms with Crippen LogP contribution in [0, 0.1) is 11.8 Å². The number of benzene rings is 1. The average Bonchev–Trinajstić information content (AvgIpc) is 3.29. The van der Waals surface area contributed by atoms with Crippen LogP contribution >= 0.6 is 0 Å². The van der Waals surface area contributed by atoms with Crippen LogP contribution in [0.1, 0.15) is 16.4 Å². The number of amides is 3. The van der Waals surface area contributed by atoms with Gasteiger partial charge in [-0.25, -0.2) is 4.79 Å². The Balaban J connectivity index is 1.47. The highest BCUT2D eigenvalue weighted by molar-refractivity contribution is 6.01. The van der Waals surface area contributed by atoms with Crippen LogP contribution in [0.4, 0.5) is 10.5 Å². The van der Waals surface area contributed by atoms with Crippen LogP contribution < -0.4 is 10.1 Å². The lowest BCUT2D eigenvalue weighted by atomic mass is 9.89. The highest BCUT2D eigenvalue weighted by Gasteiger charge is 2.41. The second kappa shape index (κ2) is 7.14. The summed E-state index contributed by atoms with van der Waals surface area (Å²) in [4.78, 5) is 28.5. The van der Waals surface area contributed by atoms with Crippen LogP contribution in [0.25, 0.3) is 0 Å². The van der Waals surface area contributed by atoms with Gasteiger partial charge in [0.05, 0.1) is 7.11 Å². The molecule has 148 valence electrons. The number of nitrogens with one attached hydrogen (secondary N) is 1. The fourth-order valence-electron chi connectivity index (χ4n) is 3.99. The molecule has 1 aromatic carbocycles. The fourth-order valence-corrected chi connectivity index (χ4v) is 3.99. The molecule has 4 rings (SSSR count). The van der Waals surface area contributed by atoms with Crippen LogP contribution in [0.3, 0.4) is 0 Å². The summed E-state index contributed by atoms with van der Waals surface area (Å²) in [6.45, 7) is 2.07. The molecule has 0 saturated carbocycles. The van der Waals surface area contributed by atoms with E-state index in [4.69, 9.17) is 4.74 Å². The van der Waals surface area contributed by atoms with Crippen molar-refractivity contribution in [2.45, 2.75) is 13.0 Å². The lowest BCUT2D eigenvalue weighted by molar-refractivity contribution is 0.100. The highest BCUT2D eigenvalue weighted by Crippen LogP contribution is 2.33. The van der Waals surface area contributed by atoms with Gasteiger partial charge >= 0.3 is 6.03 Å². The zero-order valence-electron chi connectivity index (χ0n) is 16.3. The quantitative estimate of drug-likeness (QED) is 0.862. The molecule has 1 fully saturated rings. The van der Waals surface area contributed by atoms with Gasteiger partial charge in [0.1, 0.15) is 11.6 Å². The topological polar surface area (TPSA) is 92.6 Å².